The summed E-state index contributed by atoms with van der Waals surface area (Å²) >= 11 is 0. The Morgan fingerprint density at radius 2 is 1.11 bits per heavy atom. The molecule has 1 unspecified atom stereocenters. The van der Waals surface area contributed by atoms with Gasteiger partial charge in [-0.15, -0.1) is 12.4 Å². The average Bonchev–Trinajstić information content (AvgIpc) is 3.83. The third-order valence-corrected chi connectivity index (χ3v) is 9.54. The SMILES string of the molecule is CCO.CCOC(=O)NN.CCOc1ccc(Oc2ccc(C(=O)/C=C/c3ccc(O)c(O)c3)cc2)cc1.CCOc1ccc(Oc2ccc(C3=NN(C(=O)OC)C(c4ccc(O)c(O)c4)C3)cc2)cc1.Cl. The van der Waals surface area contributed by atoms with Gasteiger partial charge in [-0.3, -0.25) is 10.2 Å². The molecule has 6 aromatic rings. The van der Waals surface area contributed by atoms with Gasteiger partial charge >= 0.3 is 12.2 Å². The minimum atomic E-state index is -0.613. The molecule has 6 aromatic carbocycles. The second-order valence-corrected chi connectivity index (χ2v) is 14.5. The summed E-state index contributed by atoms with van der Waals surface area (Å²) in [5.41, 5.74) is 5.07. The fourth-order valence-corrected chi connectivity index (χ4v) is 6.26. The first-order valence-corrected chi connectivity index (χ1v) is 22.2. The second-order valence-electron chi connectivity index (χ2n) is 14.5. The van der Waals surface area contributed by atoms with Crippen LogP contribution in [-0.2, 0) is 9.47 Å². The van der Waals surface area contributed by atoms with Crippen LogP contribution in [0.3, 0.4) is 0 Å². The summed E-state index contributed by atoms with van der Waals surface area (Å²) in [5.74, 6) is 7.73. The van der Waals surface area contributed by atoms with Crippen LogP contribution in [-0.4, -0.2) is 87.8 Å². The van der Waals surface area contributed by atoms with Crippen molar-refractivity contribution in [3.05, 3.63) is 162 Å². The van der Waals surface area contributed by atoms with E-state index in [0.29, 0.717) is 71.6 Å². The highest BCUT2D eigenvalue weighted by atomic mass is 35.5. The third kappa shape index (κ3) is 18.1. The van der Waals surface area contributed by atoms with Gasteiger partial charge in [-0.25, -0.2) is 15.4 Å². The number of benzene rings is 6. The molecule has 1 aliphatic heterocycles. The number of hydrazine groups is 1. The first kappa shape index (κ1) is 57.9. The lowest BCUT2D eigenvalue weighted by Gasteiger charge is -2.20. The second kappa shape index (κ2) is 30.2. The van der Waals surface area contributed by atoms with Gasteiger partial charge in [-0.05, 0) is 172 Å². The number of phenolic OH excluding ortho intramolecular Hbond substituents is 4. The standard InChI is InChI=1S/C25H24N2O6.C23H20O5.C3H8N2O2.C2H6O.ClH/c1-3-32-18-9-11-20(12-10-18)33-19-7-4-16(5-8-19)21-15-22(27(26-21)25(30)31-2)17-6-13-23(28)24(29)14-17;1-2-27-18-9-11-20(12-10-18)28-19-7-5-17(6-8-19)21(24)13-3-16-4-14-22(25)23(26)15-16;1-2-7-3(6)5-4;1-2-3;/h4-14,22,28-29H,3,15H2,1-2H3;3-15,25-26H,2H2,1H3;2,4H2,1H3,(H,5,6);3H,2H2,1H3;1H/b;13-3+;;;. The number of aromatic hydroxyl groups is 4. The van der Waals surface area contributed by atoms with Gasteiger partial charge in [0.2, 0.25) is 0 Å². The van der Waals surface area contributed by atoms with E-state index < -0.39 is 18.2 Å². The molecule has 0 saturated carbocycles. The van der Waals surface area contributed by atoms with Crippen LogP contribution in [0.15, 0.2) is 145 Å². The van der Waals surface area contributed by atoms with Crippen LogP contribution in [0, 0.1) is 0 Å². The summed E-state index contributed by atoms with van der Waals surface area (Å²) in [5, 5.41) is 51.5. The van der Waals surface area contributed by atoms with Crippen molar-refractivity contribution in [2.24, 2.45) is 10.9 Å². The van der Waals surface area contributed by atoms with Crippen molar-refractivity contribution >= 4 is 42.2 Å². The van der Waals surface area contributed by atoms with Crippen LogP contribution in [0.2, 0.25) is 0 Å². The van der Waals surface area contributed by atoms with Gasteiger partial charge in [0.15, 0.2) is 28.8 Å². The number of ketones is 1. The van der Waals surface area contributed by atoms with Crippen LogP contribution in [0.4, 0.5) is 9.59 Å². The average molecular weight is 1010 g/mol. The van der Waals surface area contributed by atoms with Crippen LogP contribution in [0.5, 0.6) is 57.5 Å². The molecule has 0 aromatic heterocycles. The van der Waals surface area contributed by atoms with Crippen LogP contribution >= 0.6 is 12.4 Å². The summed E-state index contributed by atoms with van der Waals surface area (Å²) in [6, 6.07) is 37.2. The zero-order valence-electron chi connectivity index (χ0n) is 40.3. The predicted octanol–water partition coefficient (Wildman–Crippen LogP) is 10.4. The Labute approximate surface area is 423 Å². The number of hydrogen-bond donors (Lipinski definition) is 7. The number of ether oxygens (including phenoxy) is 6. The van der Waals surface area contributed by atoms with E-state index in [0.717, 1.165) is 17.1 Å². The number of carbonyl (C=O) groups excluding carboxylic acids is 3. The number of aliphatic hydroxyl groups excluding tert-OH is 1. The number of rotatable bonds is 14. The summed E-state index contributed by atoms with van der Waals surface area (Å²) in [6.45, 7) is 9.06. The van der Waals surface area contributed by atoms with E-state index in [1.54, 1.807) is 61.7 Å². The highest BCUT2D eigenvalue weighted by Gasteiger charge is 2.34. The first-order chi connectivity index (χ1) is 34.2. The third-order valence-electron chi connectivity index (χ3n) is 9.54. The fraction of sp³-hybridized carbons (Fsp3) is 0.208. The number of amides is 2. The lowest BCUT2D eigenvalue weighted by atomic mass is 9.98. The topological polar surface area (TPSA) is 261 Å². The molecular formula is C53H59ClN4O14. The number of hydrogen-bond acceptors (Lipinski definition) is 16. The van der Waals surface area contributed by atoms with E-state index in [1.165, 1.54) is 42.5 Å². The minimum Gasteiger partial charge on any atom is -0.504 e. The van der Waals surface area contributed by atoms with Crippen molar-refractivity contribution in [2.75, 3.05) is 33.5 Å². The van der Waals surface area contributed by atoms with Crippen molar-refractivity contribution in [2.45, 2.75) is 40.2 Å². The number of methoxy groups -OCH3 is 1. The maximum atomic E-state index is 12.3. The molecule has 18 nitrogen and oxygen atoms in total. The van der Waals surface area contributed by atoms with Crippen LogP contribution in [0.1, 0.15) is 67.2 Å². The summed E-state index contributed by atoms with van der Waals surface area (Å²) in [7, 11) is 1.29. The molecule has 1 aliphatic rings. The maximum absolute atomic E-state index is 12.3. The van der Waals surface area contributed by atoms with Crippen molar-refractivity contribution in [1.29, 1.82) is 0 Å². The normalized spacial score (nSPS) is 12.1. The minimum absolute atomic E-state index is 0. The molecular weight excluding hydrogens is 952 g/mol. The lowest BCUT2D eigenvalue weighted by Crippen LogP contribution is -2.30. The molecule has 0 bridgehead atoms. The van der Waals surface area contributed by atoms with Crippen molar-refractivity contribution in [3.8, 4) is 57.5 Å². The Bertz CT molecular complexity index is 2680. The number of phenols is 4. The van der Waals surface area contributed by atoms with Gasteiger partial charge in [0.1, 0.15) is 34.5 Å². The Hall–Kier alpha value is -8.45. The van der Waals surface area contributed by atoms with Crippen molar-refractivity contribution in [3.63, 3.8) is 0 Å². The molecule has 2 amide bonds. The molecule has 72 heavy (non-hydrogen) atoms. The van der Waals surface area contributed by atoms with Crippen LogP contribution in [0.25, 0.3) is 6.08 Å². The number of halogens is 1. The largest absolute Gasteiger partial charge is 0.504 e. The Balaban J connectivity index is 0.000000319. The Morgan fingerprint density at radius 3 is 1.54 bits per heavy atom. The fourth-order valence-electron chi connectivity index (χ4n) is 6.26. The van der Waals surface area contributed by atoms with Gasteiger partial charge in [0.05, 0.1) is 38.7 Å². The van der Waals surface area contributed by atoms with Gasteiger partial charge in [0.25, 0.3) is 0 Å². The number of carbonyl (C=O) groups is 3. The Morgan fingerprint density at radius 1 is 0.653 bits per heavy atom. The Kier molecular flexibility index (Phi) is 24.3. The molecule has 1 heterocycles. The van der Waals surface area contributed by atoms with Gasteiger partial charge in [-0.1, -0.05) is 18.2 Å². The van der Waals surface area contributed by atoms with E-state index in [4.69, 9.17) is 28.8 Å². The maximum Gasteiger partial charge on any atom is 0.430 e. The smallest absolute Gasteiger partial charge is 0.430 e. The number of nitrogens with two attached hydrogens (primary N) is 1. The highest BCUT2D eigenvalue weighted by molar-refractivity contribution is 6.07. The van der Waals surface area contributed by atoms with Gasteiger partial charge in [0, 0.05) is 18.6 Å². The highest BCUT2D eigenvalue weighted by Crippen LogP contribution is 2.37. The van der Waals surface area contributed by atoms with Crippen molar-refractivity contribution < 1.29 is 68.3 Å². The van der Waals surface area contributed by atoms with E-state index in [1.807, 2.05) is 86.6 Å². The van der Waals surface area contributed by atoms with E-state index >= 15 is 0 Å². The summed E-state index contributed by atoms with van der Waals surface area (Å²) in [4.78, 5) is 34.5. The molecule has 7 rings (SSSR count). The molecule has 0 saturated heterocycles. The van der Waals surface area contributed by atoms with E-state index in [9.17, 15) is 34.8 Å². The molecule has 0 fully saturated rings. The zero-order valence-corrected chi connectivity index (χ0v) is 41.1. The molecule has 1 atom stereocenters. The lowest BCUT2D eigenvalue weighted by molar-refractivity contribution is 0.104. The number of nitrogens with one attached hydrogen (secondary N) is 1. The van der Waals surface area contributed by atoms with E-state index in [2.05, 4.69) is 15.7 Å². The van der Waals surface area contributed by atoms with Gasteiger partial charge < -0.3 is 54.0 Å². The molecule has 0 radical (unpaired) electrons. The molecule has 0 spiro atoms. The monoisotopic (exact) mass is 1010 g/mol. The van der Waals surface area contributed by atoms with Gasteiger partial charge in [-0.2, -0.15) is 10.1 Å². The molecule has 0 aliphatic carbocycles. The number of aliphatic hydroxyl groups is 1. The number of allylic oxidation sites excluding steroid dienone is 1. The number of nitrogens with zero attached hydrogens (tertiary/aromatic N) is 2. The van der Waals surface area contributed by atoms with Crippen LogP contribution < -0.4 is 30.2 Å². The first-order valence-electron chi connectivity index (χ1n) is 22.2. The zero-order chi connectivity index (χ0) is 51.7. The summed E-state index contributed by atoms with van der Waals surface area (Å²) < 4.78 is 31.7. The predicted molar refractivity (Wildman–Crippen MR) is 274 cm³/mol. The van der Waals surface area contributed by atoms with E-state index in [-0.39, 0.29) is 47.8 Å². The molecule has 382 valence electrons. The van der Waals surface area contributed by atoms with Crippen molar-refractivity contribution in [1.82, 2.24) is 10.4 Å². The summed E-state index contributed by atoms with van der Waals surface area (Å²) in [6.07, 6.45) is 2.19. The molecule has 19 heteroatoms. The molecule has 8 N–H and O–H groups in total. The number of hydrazone groups is 1. The quantitative estimate of drug-likeness (QED) is 0.0134.